The third-order valence-corrected chi connectivity index (χ3v) is 2.13. The molecule has 0 saturated heterocycles. The van der Waals surface area contributed by atoms with Crippen LogP contribution in [0.15, 0.2) is 24.3 Å². The summed E-state index contributed by atoms with van der Waals surface area (Å²) >= 11 is 0. The molecule has 0 saturated carbocycles. The van der Waals surface area contributed by atoms with Gasteiger partial charge in [0.25, 0.3) is 0 Å². The number of hydrogen-bond acceptors (Lipinski definition) is 3. The van der Waals surface area contributed by atoms with Crippen molar-refractivity contribution in [3.05, 3.63) is 35.4 Å². The van der Waals surface area contributed by atoms with Crippen LogP contribution in [0.4, 0.5) is 0 Å². The Morgan fingerprint density at radius 3 is 2.60 bits per heavy atom. The number of aryl methyl sites for hydroxylation is 1. The van der Waals surface area contributed by atoms with Crippen molar-refractivity contribution in [1.82, 2.24) is 5.32 Å². The molecule has 3 N–H and O–H groups in total. The second-order valence-corrected chi connectivity index (χ2v) is 3.58. The molecule has 0 bridgehead atoms. The van der Waals surface area contributed by atoms with E-state index < -0.39 is 0 Å². The summed E-state index contributed by atoms with van der Waals surface area (Å²) in [4.78, 5) is 0. The minimum absolute atomic E-state index is 0.679. The van der Waals surface area contributed by atoms with Gasteiger partial charge in [0.1, 0.15) is 0 Å². The van der Waals surface area contributed by atoms with E-state index in [-0.39, 0.29) is 0 Å². The largest absolute Gasteiger partial charge is 0.375 e. The topological polar surface area (TPSA) is 47.3 Å². The van der Waals surface area contributed by atoms with Crippen LogP contribution in [0.5, 0.6) is 0 Å². The third-order valence-electron chi connectivity index (χ3n) is 2.13. The van der Waals surface area contributed by atoms with Crippen molar-refractivity contribution in [2.75, 3.05) is 26.2 Å². The van der Waals surface area contributed by atoms with Crippen LogP contribution in [0.2, 0.25) is 0 Å². The molecule has 1 aromatic rings. The molecule has 1 rings (SSSR count). The highest BCUT2D eigenvalue weighted by atomic mass is 16.5. The van der Waals surface area contributed by atoms with Crippen molar-refractivity contribution < 1.29 is 4.74 Å². The van der Waals surface area contributed by atoms with Crippen molar-refractivity contribution in [2.45, 2.75) is 13.5 Å². The van der Waals surface area contributed by atoms with E-state index >= 15 is 0 Å². The van der Waals surface area contributed by atoms with Crippen LogP contribution in [0.3, 0.4) is 0 Å². The summed E-state index contributed by atoms with van der Waals surface area (Å²) in [7, 11) is 0. The van der Waals surface area contributed by atoms with Gasteiger partial charge in [0.05, 0.1) is 13.2 Å². The molecule has 84 valence electrons. The summed E-state index contributed by atoms with van der Waals surface area (Å²) in [5, 5.41) is 3.18. The minimum atomic E-state index is 0.679. The fourth-order valence-electron chi connectivity index (χ4n) is 1.25. The van der Waals surface area contributed by atoms with E-state index in [4.69, 9.17) is 10.5 Å². The highest BCUT2D eigenvalue weighted by molar-refractivity contribution is 5.20. The Kier molecular flexibility index (Phi) is 6.00. The smallest absolute Gasteiger partial charge is 0.0717 e. The van der Waals surface area contributed by atoms with Crippen LogP contribution in [0.25, 0.3) is 0 Å². The van der Waals surface area contributed by atoms with Crippen molar-refractivity contribution >= 4 is 0 Å². The van der Waals surface area contributed by atoms with E-state index in [1.807, 2.05) is 0 Å². The van der Waals surface area contributed by atoms with Gasteiger partial charge in [-0.1, -0.05) is 29.8 Å². The lowest BCUT2D eigenvalue weighted by atomic mass is 10.2. The van der Waals surface area contributed by atoms with E-state index in [0.717, 1.165) is 19.7 Å². The first kappa shape index (κ1) is 12.2. The Morgan fingerprint density at radius 2 is 1.93 bits per heavy atom. The van der Waals surface area contributed by atoms with E-state index in [1.54, 1.807) is 0 Å². The standard InChI is InChI=1S/C12H20N2O/c1-11-2-4-12(5-3-11)10-15-9-8-14-7-6-13/h2-5,14H,6-10,13H2,1H3. The zero-order valence-corrected chi connectivity index (χ0v) is 9.33. The molecule has 0 spiro atoms. The van der Waals surface area contributed by atoms with E-state index in [1.165, 1.54) is 11.1 Å². The van der Waals surface area contributed by atoms with Crippen molar-refractivity contribution in [1.29, 1.82) is 0 Å². The second kappa shape index (κ2) is 7.40. The predicted octanol–water partition coefficient (Wildman–Crippen LogP) is 1.06. The van der Waals surface area contributed by atoms with Gasteiger partial charge in [0.15, 0.2) is 0 Å². The Morgan fingerprint density at radius 1 is 1.20 bits per heavy atom. The van der Waals surface area contributed by atoms with Gasteiger partial charge in [-0.05, 0) is 12.5 Å². The molecule has 0 aliphatic rings. The number of ether oxygens (including phenoxy) is 1. The van der Waals surface area contributed by atoms with Gasteiger partial charge in [0, 0.05) is 19.6 Å². The van der Waals surface area contributed by atoms with E-state index in [0.29, 0.717) is 13.2 Å². The van der Waals surface area contributed by atoms with Gasteiger partial charge in [-0.15, -0.1) is 0 Å². The SMILES string of the molecule is Cc1ccc(COCCNCCN)cc1. The fraction of sp³-hybridized carbons (Fsp3) is 0.500. The van der Waals surface area contributed by atoms with E-state index in [9.17, 15) is 0 Å². The lowest BCUT2D eigenvalue weighted by molar-refractivity contribution is 0.123. The third kappa shape index (κ3) is 5.52. The quantitative estimate of drug-likeness (QED) is 0.659. The minimum Gasteiger partial charge on any atom is -0.375 e. The average molecular weight is 208 g/mol. The molecule has 0 aliphatic heterocycles. The lowest BCUT2D eigenvalue weighted by Gasteiger charge is -2.05. The first-order chi connectivity index (χ1) is 7.33. The Bertz CT molecular complexity index is 259. The molecule has 0 unspecified atom stereocenters. The zero-order valence-electron chi connectivity index (χ0n) is 9.33. The summed E-state index contributed by atoms with van der Waals surface area (Å²) in [6.45, 7) is 5.90. The first-order valence-electron chi connectivity index (χ1n) is 5.37. The maximum absolute atomic E-state index is 5.50. The van der Waals surface area contributed by atoms with Crippen molar-refractivity contribution in [3.63, 3.8) is 0 Å². The Balaban J connectivity index is 2.07. The normalized spacial score (nSPS) is 10.5. The number of hydrogen-bond donors (Lipinski definition) is 2. The second-order valence-electron chi connectivity index (χ2n) is 3.58. The van der Waals surface area contributed by atoms with E-state index in [2.05, 4.69) is 36.5 Å². The average Bonchev–Trinajstić information content (AvgIpc) is 2.26. The molecule has 1 aromatic carbocycles. The van der Waals surface area contributed by atoms with Gasteiger partial charge < -0.3 is 15.8 Å². The molecule has 0 amide bonds. The van der Waals surface area contributed by atoms with Crippen LogP contribution in [-0.4, -0.2) is 26.2 Å². The molecule has 0 radical (unpaired) electrons. The molecule has 15 heavy (non-hydrogen) atoms. The van der Waals surface area contributed by atoms with Crippen LogP contribution in [0.1, 0.15) is 11.1 Å². The summed E-state index contributed by atoms with van der Waals surface area (Å²) in [5.41, 5.74) is 7.85. The monoisotopic (exact) mass is 208 g/mol. The van der Waals surface area contributed by atoms with Crippen LogP contribution in [0, 0.1) is 6.92 Å². The summed E-state index contributed by atoms with van der Waals surface area (Å²) in [6.07, 6.45) is 0. The predicted molar refractivity (Wildman–Crippen MR) is 62.8 cm³/mol. The lowest BCUT2D eigenvalue weighted by Crippen LogP contribution is -2.25. The Hall–Kier alpha value is -0.900. The number of benzene rings is 1. The van der Waals surface area contributed by atoms with Gasteiger partial charge in [-0.3, -0.25) is 0 Å². The molecule has 0 aromatic heterocycles. The van der Waals surface area contributed by atoms with Crippen LogP contribution < -0.4 is 11.1 Å². The van der Waals surface area contributed by atoms with Gasteiger partial charge >= 0.3 is 0 Å². The maximum atomic E-state index is 5.50. The Labute approximate surface area is 91.6 Å². The van der Waals surface area contributed by atoms with Gasteiger partial charge in [-0.2, -0.15) is 0 Å². The number of nitrogens with two attached hydrogens (primary N) is 1. The summed E-state index contributed by atoms with van der Waals surface area (Å²) in [5.74, 6) is 0. The summed E-state index contributed by atoms with van der Waals surface area (Å²) < 4.78 is 5.50. The molecular formula is C12H20N2O. The first-order valence-corrected chi connectivity index (χ1v) is 5.37. The van der Waals surface area contributed by atoms with Crippen molar-refractivity contribution in [3.8, 4) is 0 Å². The molecule has 3 heteroatoms. The zero-order chi connectivity index (χ0) is 10.9. The fourth-order valence-corrected chi connectivity index (χ4v) is 1.25. The molecule has 0 fully saturated rings. The van der Waals surface area contributed by atoms with Gasteiger partial charge in [-0.25, -0.2) is 0 Å². The van der Waals surface area contributed by atoms with Crippen LogP contribution in [-0.2, 0) is 11.3 Å². The molecule has 0 heterocycles. The molecule has 3 nitrogen and oxygen atoms in total. The summed E-state index contributed by atoms with van der Waals surface area (Å²) in [6, 6.07) is 8.40. The van der Waals surface area contributed by atoms with Crippen LogP contribution >= 0.6 is 0 Å². The number of rotatable bonds is 7. The highest BCUT2D eigenvalue weighted by Crippen LogP contribution is 2.03. The molecule has 0 atom stereocenters. The highest BCUT2D eigenvalue weighted by Gasteiger charge is 1.92. The molecular weight excluding hydrogens is 188 g/mol. The number of nitrogens with one attached hydrogen (secondary N) is 1. The maximum Gasteiger partial charge on any atom is 0.0717 e. The molecule has 0 aliphatic carbocycles. The van der Waals surface area contributed by atoms with Gasteiger partial charge in [0.2, 0.25) is 0 Å². The van der Waals surface area contributed by atoms with Crippen molar-refractivity contribution in [2.24, 2.45) is 5.73 Å².